The molecule has 0 atom stereocenters. The summed E-state index contributed by atoms with van der Waals surface area (Å²) in [4.78, 5) is 39.9. The van der Waals surface area contributed by atoms with Gasteiger partial charge in [-0.05, 0) is 36.6 Å². The van der Waals surface area contributed by atoms with E-state index in [1.165, 1.54) is 11.8 Å². The number of hydrogen-bond donors (Lipinski definition) is 1. The summed E-state index contributed by atoms with van der Waals surface area (Å²) >= 11 is 0. The highest BCUT2D eigenvalue weighted by Gasteiger charge is 2.29. The van der Waals surface area contributed by atoms with Crippen LogP contribution in [0.5, 0.6) is 0 Å². The number of piperidine rings is 1. The Kier molecular flexibility index (Phi) is 6.99. The highest BCUT2D eigenvalue weighted by molar-refractivity contribution is 5.95. The van der Waals surface area contributed by atoms with Crippen LogP contribution in [0.1, 0.15) is 35.7 Å². The molecule has 3 amide bonds. The summed E-state index contributed by atoms with van der Waals surface area (Å²) < 4.78 is 27.0. The summed E-state index contributed by atoms with van der Waals surface area (Å²) in [6, 6.07) is 10.2. The van der Waals surface area contributed by atoms with Gasteiger partial charge in [-0.1, -0.05) is 18.2 Å². The van der Waals surface area contributed by atoms with Gasteiger partial charge in [0.2, 0.25) is 11.8 Å². The van der Waals surface area contributed by atoms with Gasteiger partial charge in [-0.25, -0.2) is 8.78 Å². The van der Waals surface area contributed by atoms with E-state index >= 15 is 0 Å². The van der Waals surface area contributed by atoms with E-state index in [9.17, 15) is 23.2 Å². The molecule has 1 N–H and O–H groups in total. The van der Waals surface area contributed by atoms with E-state index < -0.39 is 17.5 Å². The molecule has 2 aromatic carbocycles. The second-order valence-corrected chi connectivity index (χ2v) is 7.71. The molecular formula is C23H25F2N3O3. The van der Waals surface area contributed by atoms with Crippen molar-refractivity contribution < 1.29 is 23.2 Å². The van der Waals surface area contributed by atoms with Crippen LogP contribution in [0.4, 0.5) is 14.5 Å². The van der Waals surface area contributed by atoms with Crippen LogP contribution in [0, 0.1) is 17.6 Å². The van der Waals surface area contributed by atoms with Crippen molar-refractivity contribution in [2.45, 2.75) is 26.3 Å². The van der Waals surface area contributed by atoms with E-state index in [0.717, 1.165) is 17.7 Å². The van der Waals surface area contributed by atoms with Crippen molar-refractivity contribution in [3.05, 3.63) is 65.2 Å². The normalized spacial score (nSPS) is 14.3. The average Bonchev–Trinajstić information content (AvgIpc) is 2.74. The minimum atomic E-state index is -0.892. The molecule has 31 heavy (non-hydrogen) atoms. The highest BCUT2D eigenvalue weighted by Crippen LogP contribution is 2.24. The predicted octanol–water partition coefficient (Wildman–Crippen LogP) is 3.43. The first-order valence-electron chi connectivity index (χ1n) is 10.1. The molecule has 0 spiro atoms. The van der Waals surface area contributed by atoms with Crippen LogP contribution in [-0.4, -0.2) is 47.7 Å². The second-order valence-electron chi connectivity index (χ2n) is 7.71. The SMILES string of the molecule is CC(=O)N(C)Cc1ccccc1NC(=O)C1CCN(C(=O)c2ccc(F)cc2F)CC1. The third kappa shape index (κ3) is 5.45. The maximum Gasteiger partial charge on any atom is 0.256 e. The van der Waals surface area contributed by atoms with Gasteiger partial charge in [0.1, 0.15) is 11.6 Å². The van der Waals surface area contributed by atoms with Gasteiger partial charge >= 0.3 is 0 Å². The van der Waals surface area contributed by atoms with Crippen molar-refractivity contribution >= 4 is 23.4 Å². The number of para-hydroxylation sites is 1. The van der Waals surface area contributed by atoms with E-state index in [4.69, 9.17) is 0 Å². The Labute approximate surface area is 179 Å². The third-order valence-corrected chi connectivity index (χ3v) is 5.53. The summed E-state index contributed by atoms with van der Waals surface area (Å²) in [5, 5.41) is 2.93. The van der Waals surface area contributed by atoms with Crippen LogP contribution < -0.4 is 5.32 Å². The molecule has 1 saturated heterocycles. The van der Waals surface area contributed by atoms with Crippen molar-refractivity contribution in [1.29, 1.82) is 0 Å². The van der Waals surface area contributed by atoms with Gasteiger partial charge in [0, 0.05) is 51.3 Å². The summed E-state index contributed by atoms with van der Waals surface area (Å²) in [6.07, 6.45) is 0.881. The number of halogens is 2. The minimum absolute atomic E-state index is 0.0734. The van der Waals surface area contributed by atoms with E-state index in [0.29, 0.717) is 44.2 Å². The predicted molar refractivity (Wildman–Crippen MR) is 112 cm³/mol. The van der Waals surface area contributed by atoms with Crippen molar-refractivity contribution in [3.63, 3.8) is 0 Å². The second kappa shape index (κ2) is 9.68. The van der Waals surface area contributed by atoms with Crippen LogP contribution in [0.3, 0.4) is 0 Å². The molecule has 0 radical (unpaired) electrons. The van der Waals surface area contributed by atoms with Gasteiger partial charge in [0.15, 0.2) is 0 Å². The Balaban J connectivity index is 1.60. The van der Waals surface area contributed by atoms with Crippen LogP contribution in [-0.2, 0) is 16.1 Å². The Bertz CT molecular complexity index is 988. The Hall–Kier alpha value is -3.29. The standard InChI is InChI=1S/C23H25F2N3O3/c1-15(29)27(2)14-17-5-3-4-6-21(17)26-22(30)16-9-11-28(12-10-16)23(31)19-8-7-18(24)13-20(19)25/h3-8,13,16H,9-12,14H2,1-2H3,(H,26,30). The van der Waals surface area contributed by atoms with Crippen molar-refractivity contribution in [3.8, 4) is 0 Å². The zero-order valence-corrected chi connectivity index (χ0v) is 17.5. The Morgan fingerprint density at radius 3 is 2.42 bits per heavy atom. The molecular weight excluding hydrogens is 404 g/mol. The fraction of sp³-hybridized carbons (Fsp3) is 0.348. The van der Waals surface area contributed by atoms with E-state index in [1.807, 2.05) is 18.2 Å². The van der Waals surface area contributed by atoms with Crippen molar-refractivity contribution in [2.75, 3.05) is 25.5 Å². The first-order chi connectivity index (χ1) is 14.8. The van der Waals surface area contributed by atoms with Crippen LogP contribution in [0.2, 0.25) is 0 Å². The molecule has 6 nitrogen and oxygen atoms in total. The molecule has 0 aromatic heterocycles. The van der Waals surface area contributed by atoms with Gasteiger partial charge in [-0.3, -0.25) is 14.4 Å². The number of nitrogens with zero attached hydrogens (tertiary/aromatic N) is 2. The lowest BCUT2D eigenvalue weighted by Gasteiger charge is -2.31. The molecule has 1 aliphatic rings. The van der Waals surface area contributed by atoms with Gasteiger partial charge < -0.3 is 15.1 Å². The van der Waals surface area contributed by atoms with Crippen molar-refractivity contribution in [1.82, 2.24) is 9.80 Å². The van der Waals surface area contributed by atoms with Crippen LogP contribution in [0.25, 0.3) is 0 Å². The molecule has 3 rings (SSSR count). The Morgan fingerprint density at radius 1 is 1.10 bits per heavy atom. The van der Waals surface area contributed by atoms with Crippen molar-refractivity contribution in [2.24, 2.45) is 5.92 Å². The smallest absolute Gasteiger partial charge is 0.256 e. The highest BCUT2D eigenvalue weighted by atomic mass is 19.1. The monoisotopic (exact) mass is 429 g/mol. The number of carbonyl (C=O) groups excluding carboxylic acids is 3. The number of amides is 3. The molecule has 1 fully saturated rings. The summed E-state index contributed by atoms with van der Waals surface area (Å²) in [5.41, 5.74) is 1.30. The van der Waals surface area contributed by atoms with E-state index in [-0.39, 0.29) is 23.3 Å². The third-order valence-electron chi connectivity index (χ3n) is 5.53. The number of carbonyl (C=O) groups is 3. The molecule has 0 saturated carbocycles. The number of rotatable bonds is 5. The molecule has 1 heterocycles. The summed E-state index contributed by atoms with van der Waals surface area (Å²) in [7, 11) is 1.69. The maximum absolute atomic E-state index is 13.9. The van der Waals surface area contributed by atoms with Crippen LogP contribution >= 0.6 is 0 Å². The lowest BCUT2D eigenvalue weighted by atomic mass is 9.95. The topological polar surface area (TPSA) is 69.7 Å². The van der Waals surface area contributed by atoms with Gasteiger partial charge in [-0.2, -0.15) is 0 Å². The Morgan fingerprint density at radius 2 is 1.77 bits per heavy atom. The number of hydrogen-bond acceptors (Lipinski definition) is 3. The molecule has 164 valence electrons. The van der Waals surface area contributed by atoms with Gasteiger partial charge in [0.05, 0.1) is 5.56 Å². The maximum atomic E-state index is 13.9. The molecule has 0 unspecified atom stereocenters. The minimum Gasteiger partial charge on any atom is -0.342 e. The average molecular weight is 429 g/mol. The number of likely N-dealkylation sites (tertiary alicyclic amines) is 1. The van der Waals surface area contributed by atoms with Crippen LogP contribution in [0.15, 0.2) is 42.5 Å². The summed E-state index contributed by atoms with van der Waals surface area (Å²) in [6.45, 7) is 2.47. The zero-order valence-electron chi connectivity index (χ0n) is 17.5. The largest absolute Gasteiger partial charge is 0.342 e. The quantitative estimate of drug-likeness (QED) is 0.792. The lowest BCUT2D eigenvalue weighted by Crippen LogP contribution is -2.41. The fourth-order valence-corrected chi connectivity index (χ4v) is 3.56. The first-order valence-corrected chi connectivity index (χ1v) is 10.1. The van der Waals surface area contributed by atoms with E-state index in [2.05, 4.69) is 5.32 Å². The van der Waals surface area contributed by atoms with Gasteiger partial charge in [0.25, 0.3) is 5.91 Å². The molecule has 0 aliphatic carbocycles. The zero-order chi connectivity index (χ0) is 22.5. The van der Waals surface area contributed by atoms with Gasteiger partial charge in [-0.15, -0.1) is 0 Å². The van der Waals surface area contributed by atoms with E-state index in [1.54, 1.807) is 18.0 Å². The number of anilines is 1. The lowest BCUT2D eigenvalue weighted by molar-refractivity contribution is -0.128. The molecule has 8 heteroatoms. The molecule has 0 bridgehead atoms. The summed E-state index contributed by atoms with van der Waals surface area (Å²) in [5.74, 6) is -2.65. The number of nitrogens with one attached hydrogen (secondary N) is 1. The fourth-order valence-electron chi connectivity index (χ4n) is 3.56. The number of benzene rings is 2. The molecule has 1 aliphatic heterocycles. The first kappa shape index (κ1) is 22.4. The molecule has 2 aromatic rings.